The van der Waals surface area contributed by atoms with Crippen LogP contribution in [0.25, 0.3) is 0 Å². The van der Waals surface area contributed by atoms with Gasteiger partial charge >= 0.3 is 0 Å². The first-order valence-corrected chi connectivity index (χ1v) is 6.58. The number of nitrogens with zero attached hydrogens (tertiary/aromatic N) is 1. The van der Waals surface area contributed by atoms with Crippen molar-refractivity contribution >= 4 is 17.3 Å². The molecule has 1 aromatic carbocycles. The van der Waals surface area contributed by atoms with Crippen LogP contribution in [0.15, 0.2) is 18.2 Å². The number of nitrogens with one attached hydrogen (secondary N) is 1. The summed E-state index contributed by atoms with van der Waals surface area (Å²) in [6, 6.07) is 5.72. The maximum Gasteiger partial charge on any atom is 0.267 e. The number of benzene rings is 1. The number of carbonyl (C=O) groups excluding carboxylic acids is 1. The Labute approximate surface area is 113 Å². The molecule has 0 saturated heterocycles. The lowest BCUT2D eigenvalue weighted by Gasteiger charge is -2.33. The number of aliphatic hydroxyl groups excluding tert-OH is 1. The summed E-state index contributed by atoms with van der Waals surface area (Å²) in [5, 5.41) is 11.9. The van der Waals surface area contributed by atoms with E-state index in [1.807, 2.05) is 25.2 Å². The van der Waals surface area contributed by atoms with E-state index in [4.69, 9.17) is 9.84 Å². The van der Waals surface area contributed by atoms with Crippen molar-refractivity contribution < 1.29 is 14.6 Å². The molecule has 19 heavy (non-hydrogen) atoms. The number of carbonyl (C=O) groups is 1. The molecule has 0 aromatic heterocycles. The zero-order valence-electron chi connectivity index (χ0n) is 11.3. The van der Waals surface area contributed by atoms with E-state index in [0.29, 0.717) is 13.0 Å². The first kappa shape index (κ1) is 13.7. The largest absolute Gasteiger partial charge is 0.479 e. The van der Waals surface area contributed by atoms with Gasteiger partial charge in [-0.1, -0.05) is 0 Å². The minimum Gasteiger partial charge on any atom is -0.479 e. The van der Waals surface area contributed by atoms with E-state index in [0.717, 1.165) is 23.5 Å². The molecule has 2 N–H and O–H groups in total. The molecule has 1 unspecified atom stereocenters. The summed E-state index contributed by atoms with van der Waals surface area (Å²) in [6.45, 7) is 2.51. The lowest BCUT2D eigenvalue weighted by molar-refractivity contribution is -0.125. The maximum atomic E-state index is 12.2. The Morgan fingerprint density at radius 1 is 1.42 bits per heavy atom. The van der Waals surface area contributed by atoms with Gasteiger partial charge in [-0.05, 0) is 38.0 Å². The van der Waals surface area contributed by atoms with E-state index < -0.39 is 6.10 Å². The standard InChI is InChI=1S/C14H20N2O3/c1-10-14(18)16(7-3-4-8-17)12-9-11(15-2)5-6-13(12)19-10/h5-6,9-10,15,17H,3-4,7-8H2,1-2H3. The molecule has 1 aliphatic rings. The number of fused-ring (bicyclic) bond motifs is 1. The van der Waals surface area contributed by atoms with Gasteiger partial charge in [-0.25, -0.2) is 0 Å². The first-order valence-electron chi connectivity index (χ1n) is 6.58. The zero-order valence-corrected chi connectivity index (χ0v) is 11.3. The highest BCUT2D eigenvalue weighted by atomic mass is 16.5. The van der Waals surface area contributed by atoms with Crippen LogP contribution in [0.5, 0.6) is 5.75 Å². The maximum absolute atomic E-state index is 12.2. The Bertz CT molecular complexity index is 462. The van der Waals surface area contributed by atoms with Gasteiger partial charge < -0.3 is 20.1 Å². The summed E-state index contributed by atoms with van der Waals surface area (Å²) in [5.74, 6) is 0.703. The molecule has 5 nitrogen and oxygen atoms in total. The third-order valence-corrected chi connectivity index (χ3v) is 3.25. The second kappa shape index (κ2) is 5.93. The molecular weight excluding hydrogens is 244 g/mol. The highest BCUT2D eigenvalue weighted by molar-refractivity contribution is 6.00. The second-order valence-corrected chi connectivity index (χ2v) is 4.61. The molecule has 0 radical (unpaired) electrons. The van der Waals surface area contributed by atoms with Crippen LogP contribution in [0, 0.1) is 0 Å². The molecule has 0 bridgehead atoms. The van der Waals surface area contributed by atoms with Gasteiger partial charge in [0.15, 0.2) is 6.10 Å². The lowest BCUT2D eigenvalue weighted by atomic mass is 10.1. The molecule has 1 amide bonds. The van der Waals surface area contributed by atoms with Crippen molar-refractivity contribution in [3.05, 3.63) is 18.2 Å². The van der Waals surface area contributed by atoms with Gasteiger partial charge in [0.05, 0.1) is 5.69 Å². The fraction of sp³-hybridized carbons (Fsp3) is 0.500. The molecule has 2 rings (SSSR count). The van der Waals surface area contributed by atoms with Crippen LogP contribution < -0.4 is 15.0 Å². The van der Waals surface area contributed by atoms with Gasteiger partial charge in [0.25, 0.3) is 5.91 Å². The number of rotatable bonds is 5. The molecule has 1 heterocycles. The van der Waals surface area contributed by atoms with Crippen LogP contribution >= 0.6 is 0 Å². The summed E-state index contributed by atoms with van der Waals surface area (Å²) < 4.78 is 5.61. The molecule has 0 spiro atoms. The van der Waals surface area contributed by atoms with Gasteiger partial charge in [0.1, 0.15) is 5.75 Å². The smallest absolute Gasteiger partial charge is 0.267 e. The second-order valence-electron chi connectivity index (χ2n) is 4.61. The molecule has 104 valence electrons. The normalized spacial score (nSPS) is 17.9. The summed E-state index contributed by atoms with van der Waals surface area (Å²) in [7, 11) is 1.84. The zero-order chi connectivity index (χ0) is 13.8. The third kappa shape index (κ3) is 2.81. The van der Waals surface area contributed by atoms with Gasteiger partial charge in [-0.2, -0.15) is 0 Å². The van der Waals surface area contributed by atoms with Crippen molar-refractivity contribution in [2.75, 3.05) is 30.4 Å². The van der Waals surface area contributed by atoms with Crippen LogP contribution in [0.4, 0.5) is 11.4 Å². The molecule has 0 fully saturated rings. The van der Waals surface area contributed by atoms with Gasteiger partial charge in [-0.15, -0.1) is 0 Å². The van der Waals surface area contributed by atoms with Gasteiger partial charge in [0, 0.05) is 25.9 Å². The molecule has 1 aliphatic heterocycles. The highest BCUT2D eigenvalue weighted by Gasteiger charge is 2.31. The number of unbranched alkanes of at least 4 members (excludes halogenated alkanes) is 1. The van der Waals surface area contributed by atoms with E-state index in [1.54, 1.807) is 11.8 Å². The molecule has 5 heteroatoms. The Hall–Kier alpha value is -1.75. The van der Waals surface area contributed by atoms with E-state index in [1.165, 1.54) is 0 Å². The van der Waals surface area contributed by atoms with Crippen LogP contribution in [0.2, 0.25) is 0 Å². The number of hydrogen-bond acceptors (Lipinski definition) is 4. The lowest BCUT2D eigenvalue weighted by Crippen LogP contribution is -2.44. The fourth-order valence-corrected chi connectivity index (χ4v) is 2.17. The van der Waals surface area contributed by atoms with Crippen LogP contribution in [-0.2, 0) is 4.79 Å². The van der Waals surface area contributed by atoms with Crippen LogP contribution in [0.1, 0.15) is 19.8 Å². The van der Waals surface area contributed by atoms with Crippen molar-refractivity contribution in [2.24, 2.45) is 0 Å². The fourth-order valence-electron chi connectivity index (χ4n) is 2.17. The molecule has 0 aliphatic carbocycles. The molecule has 1 atom stereocenters. The molecular formula is C14H20N2O3. The van der Waals surface area contributed by atoms with Crippen LogP contribution in [-0.4, -0.2) is 37.3 Å². The number of ether oxygens (including phenoxy) is 1. The Balaban J connectivity index is 2.27. The minimum atomic E-state index is -0.456. The molecule has 0 saturated carbocycles. The van der Waals surface area contributed by atoms with Crippen LogP contribution in [0.3, 0.4) is 0 Å². The number of aliphatic hydroxyl groups is 1. The summed E-state index contributed by atoms with van der Waals surface area (Å²) in [6.07, 6.45) is 1.01. The van der Waals surface area contributed by atoms with Crippen molar-refractivity contribution in [1.29, 1.82) is 0 Å². The Morgan fingerprint density at radius 3 is 2.89 bits per heavy atom. The van der Waals surface area contributed by atoms with Crippen molar-refractivity contribution in [3.63, 3.8) is 0 Å². The average molecular weight is 264 g/mol. The van der Waals surface area contributed by atoms with E-state index in [2.05, 4.69) is 5.32 Å². The Morgan fingerprint density at radius 2 is 2.21 bits per heavy atom. The van der Waals surface area contributed by atoms with E-state index >= 15 is 0 Å². The Kier molecular flexibility index (Phi) is 4.27. The minimum absolute atomic E-state index is 0.0290. The molecule has 1 aromatic rings. The van der Waals surface area contributed by atoms with E-state index in [9.17, 15) is 4.79 Å². The monoisotopic (exact) mass is 264 g/mol. The van der Waals surface area contributed by atoms with Gasteiger partial charge in [-0.3, -0.25) is 4.79 Å². The topological polar surface area (TPSA) is 61.8 Å². The first-order chi connectivity index (χ1) is 9.17. The third-order valence-electron chi connectivity index (χ3n) is 3.25. The summed E-state index contributed by atoms with van der Waals surface area (Å²) in [4.78, 5) is 13.9. The highest BCUT2D eigenvalue weighted by Crippen LogP contribution is 2.36. The van der Waals surface area contributed by atoms with Crippen molar-refractivity contribution in [1.82, 2.24) is 0 Å². The predicted octanol–water partition coefficient (Wildman–Crippen LogP) is 1.61. The van der Waals surface area contributed by atoms with E-state index in [-0.39, 0.29) is 12.5 Å². The average Bonchev–Trinajstić information content (AvgIpc) is 2.43. The number of anilines is 2. The predicted molar refractivity (Wildman–Crippen MR) is 74.8 cm³/mol. The van der Waals surface area contributed by atoms with Crippen molar-refractivity contribution in [2.45, 2.75) is 25.9 Å². The summed E-state index contributed by atoms with van der Waals surface area (Å²) in [5.41, 5.74) is 1.74. The van der Waals surface area contributed by atoms with Gasteiger partial charge in [0.2, 0.25) is 0 Å². The number of amides is 1. The number of hydrogen-bond donors (Lipinski definition) is 2. The summed E-state index contributed by atoms with van der Waals surface area (Å²) >= 11 is 0. The quantitative estimate of drug-likeness (QED) is 0.793. The van der Waals surface area contributed by atoms with Crippen molar-refractivity contribution in [3.8, 4) is 5.75 Å². The SMILES string of the molecule is CNc1ccc2c(c1)N(CCCCO)C(=O)C(C)O2.